The number of aliphatic hydroxyl groups is 1. The van der Waals surface area contributed by atoms with E-state index in [0.29, 0.717) is 5.92 Å². The Hall–Kier alpha value is -0.870. The van der Waals surface area contributed by atoms with E-state index < -0.39 is 0 Å². The van der Waals surface area contributed by atoms with Crippen LogP contribution in [0.25, 0.3) is 0 Å². The summed E-state index contributed by atoms with van der Waals surface area (Å²) in [5.74, 6) is 0.704. The van der Waals surface area contributed by atoms with Gasteiger partial charge in [0.25, 0.3) is 0 Å². The van der Waals surface area contributed by atoms with E-state index in [4.69, 9.17) is 0 Å². The molecular formula is C12H21N3O. The lowest BCUT2D eigenvalue weighted by atomic mass is 9.77. The van der Waals surface area contributed by atoms with Crippen molar-refractivity contribution in [2.75, 3.05) is 6.61 Å². The highest BCUT2D eigenvalue weighted by Crippen LogP contribution is 2.32. The normalized spacial score (nSPS) is 30.5. The molecule has 16 heavy (non-hydrogen) atoms. The highest BCUT2D eigenvalue weighted by Gasteiger charge is 2.33. The second-order valence-electron chi connectivity index (χ2n) is 5.07. The number of nitrogens with zero attached hydrogens (tertiary/aromatic N) is 1. The summed E-state index contributed by atoms with van der Waals surface area (Å²) in [6, 6.07) is 0. The highest BCUT2D eigenvalue weighted by atomic mass is 16.3. The van der Waals surface area contributed by atoms with Crippen molar-refractivity contribution in [1.82, 2.24) is 15.3 Å². The van der Waals surface area contributed by atoms with Gasteiger partial charge in [0.2, 0.25) is 0 Å². The van der Waals surface area contributed by atoms with E-state index in [2.05, 4.69) is 22.2 Å². The Morgan fingerprint density at radius 2 is 2.56 bits per heavy atom. The Bertz CT molecular complexity index is 312. The van der Waals surface area contributed by atoms with Gasteiger partial charge in [-0.3, -0.25) is 0 Å². The third-order valence-electron chi connectivity index (χ3n) is 3.60. The van der Waals surface area contributed by atoms with Crippen molar-refractivity contribution in [3.8, 4) is 0 Å². The Labute approximate surface area is 96.5 Å². The zero-order valence-electron chi connectivity index (χ0n) is 9.87. The minimum absolute atomic E-state index is 0.0806. The number of aliphatic hydroxyl groups excluding tert-OH is 1. The molecule has 90 valence electrons. The predicted octanol–water partition coefficient (Wildman–Crippen LogP) is 1.44. The van der Waals surface area contributed by atoms with Gasteiger partial charge in [-0.25, -0.2) is 4.98 Å². The first-order valence-electron chi connectivity index (χ1n) is 6.07. The highest BCUT2D eigenvalue weighted by molar-refractivity contribution is 4.98. The molecule has 2 unspecified atom stereocenters. The van der Waals surface area contributed by atoms with Crippen LogP contribution in [0.2, 0.25) is 0 Å². The van der Waals surface area contributed by atoms with Crippen LogP contribution in [0.15, 0.2) is 12.5 Å². The number of aromatic nitrogens is 2. The molecule has 1 aromatic heterocycles. The fourth-order valence-electron chi connectivity index (χ4n) is 2.68. The third kappa shape index (κ3) is 2.62. The quantitative estimate of drug-likeness (QED) is 0.724. The second-order valence-corrected chi connectivity index (χ2v) is 5.07. The molecule has 4 heteroatoms. The van der Waals surface area contributed by atoms with Crippen LogP contribution in [0.1, 0.15) is 38.3 Å². The lowest BCUT2D eigenvalue weighted by Gasteiger charge is -2.39. The van der Waals surface area contributed by atoms with Crippen LogP contribution in [0.4, 0.5) is 0 Å². The lowest BCUT2D eigenvalue weighted by molar-refractivity contribution is 0.0979. The van der Waals surface area contributed by atoms with E-state index in [-0.39, 0.29) is 12.1 Å². The molecule has 0 amide bonds. The largest absolute Gasteiger partial charge is 0.394 e. The van der Waals surface area contributed by atoms with E-state index in [1.165, 1.54) is 12.8 Å². The van der Waals surface area contributed by atoms with Gasteiger partial charge in [0.15, 0.2) is 0 Å². The second kappa shape index (κ2) is 4.97. The molecule has 0 bridgehead atoms. The standard InChI is InChI=1S/C12H21N3O/c1-10-3-2-4-12(5-10,8-16)15-7-11-6-13-9-14-11/h6,9-10,15-16H,2-5,7-8H2,1H3,(H,13,14). The minimum Gasteiger partial charge on any atom is -0.394 e. The molecule has 0 radical (unpaired) electrons. The molecule has 1 saturated carbocycles. The van der Waals surface area contributed by atoms with Crippen LogP contribution >= 0.6 is 0 Å². The number of aromatic amines is 1. The van der Waals surface area contributed by atoms with Gasteiger partial charge in [-0.05, 0) is 18.8 Å². The smallest absolute Gasteiger partial charge is 0.0922 e. The van der Waals surface area contributed by atoms with Crippen molar-refractivity contribution in [2.45, 2.75) is 44.7 Å². The van der Waals surface area contributed by atoms with Crippen molar-refractivity contribution < 1.29 is 5.11 Å². The summed E-state index contributed by atoms with van der Waals surface area (Å²) in [5, 5.41) is 13.1. The van der Waals surface area contributed by atoms with Gasteiger partial charge in [0.05, 0.1) is 12.9 Å². The summed E-state index contributed by atoms with van der Waals surface area (Å²) >= 11 is 0. The molecule has 0 aromatic carbocycles. The van der Waals surface area contributed by atoms with Crippen molar-refractivity contribution in [3.63, 3.8) is 0 Å². The lowest BCUT2D eigenvalue weighted by Crippen LogP contribution is -2.51. The number of imidazole rings is 1. The summed E-state index contributed by atoms with van der Waals surface area (Å²) in [6.07, 6.45) is 8.14. The van der Waals surface area contributed by atoms with Gasteiger partial charge in [0.1, 0.15) is 0 Å². The molecule has 1 heterocycles. The number of H-pyrrole nitrogens is 1. The average molecular weight is 223 g/mol. The summed E-state index contributed by atoms with van der Waals surface area (Å²) in [7, 11) is 0. The van der Waals surface area contributed by atoms with E-state index in [0.717, 1.165) is 25.1 Å². The van der Waals surface area contributed by atoms with Crippen LogP contribution in [-0.2, 0) is 6.54 Å². The molecule has 1 aromatic rings. The maximum Gasteiger partial charge on any atom is 0.0922 e. The average Bonchev–Trinajstić information content (AvgIpc) is 2.79. The molecule has 4 nitrogen and oxygen atoms in total. The Morgan fingerprint density at radius 3 is 3.19 bits per heavy atom. The molecular weight excluding hydrogens is 202 g/mol. The van der Waals surface area contributed by atoms with Crippen LogP contribution in [-0.4, -0.2) is 27.2 Å². The fourth-order valence-corrected chi connectivity index (χ4v) is 2.68. The first-order chi connectivity index (χ1) is 7.74. The summed E-state index contributed by atoms with van der Waals surface area (Å²) in [6.45, 7) is 3.25. The summed E-state index contributed by atoms with van der Waals surface area (Å²) < 4.78 is 0. The number of nitrogens with one attached hydrogen (secondary N) is 2. The summed E-state index contributed by atoms with van der Waals surface area (Å²) in [4.78, 5) is 7.07. The van der Waals surface area contributed by atoms with E-state index in [9.17, 15) is 5.11 Å². The SMILES string of the molecule is CC1CCCC(CO)(NCc2cnc[nH]2)C1. The number of hydrogen-bond donors (Lipinski definition) is 3. The molecule has 1 aliphatic carbocycles. The van der Waals surface area contributed by atoms with Gasteiger partial charge in [-0.2, -0.15) is 0 Å². The zero-order chi connectivity index (χ0) is 11.4. The topological polar surface area (TPSA) is 60.9 Å². The molecule has 1 fully saturated rings. The Morgan fingerprint density at radius 1 is 1.69 bits per heavy atom. The van der Waals surface area contributed by atoms with E-state index in [1.54, 1.807) is 6.33 Å². The van der Waals surface area contributed by atoms with E-state index >= 15 is 0 Å². The molecule has 0 saturated heterocycles. The zero-order valence-corrected chi connectivity index (χ0v) is 9.87. The molecule has 0 aliphatic heterocycles. The Kier molecular flexibility index (Phi) is 3.61. The first kappa shape index (κ1) is 11.6. The van der Waals surface area contributed by atoms with Crippen molar-refractivity contribution in [1.29, 1.82) is 0 Å². The van der Waals surface area contributed by atoms with Crippen LogP contribution in [0.5, 0.6) is 0 Å². The van der Waals surface area contributed by atoms with Gasteiger partial charge < -0.3 is 15.4 Å². The Balaban J connectivity index is 1.93. The van der Waals surface area contributed by atoms with Crippen molar-refractivity contribution in [3.05, 3.63) is 18.2 Å². The predicted molar refractivity (Wildman–Crippen MR) is 62.9 cm³/mol. The van der Waals surface area contributed by atoms with Crippen LogP contribution in [0, 0.1) is 5.92 Å². The van der Waals surface area contributed by atoms with Gasteiger partial charge >= 0.3 is 0 Å². The molecule has 2 atom stereocenters. The van der Waals surface area contributed by atoms with Crippen LogP contribution in [0.3, 0.4) is 0 Å². The maximum atomic E-state index is 9.60. The van der Waals surface area contributed by atoms with Crippen molar-refractivity contribution >= 4 is 0 Å². The first-order valence-corrected chi connectivity index (χ1v) is 6.07. The fraction of sp³-hybridized carbons (Fsp3) is 0.750. The molecule has 1 aliphatic rings. The van der Waals surface area contributed by atoms with Crippen molar-refractivity contribution in [2.24, 2.45) is 5.92 Å². The molecule has 3 N–H and O–H groups in total. The number of hydrogen-bond acceptors (Lipinski definition) is 3. The van der Waals surface area contributed by atoms with Gasteiger partial charge in [-0.15, -0.1) is 0 Å². The van der Waals surface area contributed by atoms with E-state index in [1.807, 2.05) is 6.20 Å². The maximum absolute atomic E-state index is 9.60. The monoisotopic (exact) mass is 223 g/mol. The summed E-state index contributed by atoms with van der Waals surface area (Å²) in [5.41, 5.74) is 0.994. The van der Waals surface area contributed by atoms with Gasteiger partial charge in [0, 0.05) is 24.0 Å². The molecule has 2 rings (SSSR count). The minimum atomic E-state index is -0.0806. The van der Waals surface area contributed by atoms with Crippen LogP contribution < -0.4 is 5.32 Å². The third-order valence-corrected chi connectivity index (χ3v) is 3.60. The number of rotatable bonds is 4. The van der Waals surface area contributed by atoms with Gasteiger partial charge in [-0.1, -0.05) is 19.8 Å². The molecule has 0 spiro atoms.